The average Bonchev–Trinajstić information content (AvgIpc) is 2.96. The van der Waals surface area contributed by atoms with E-state index >= 15 is 0 Å². The van der Waals surface area contributed by atoms with Gasteiger partial charge in [0.05, 0.1) is 9.95 Å². The topological polar surface area (TPSA) is 63.5 Å². The summed E-state index contributed by atoms with van der Waals surface area (Å²) in [7, 11) is 0. The van der Waals surface area contributed by atoms with Gasteiger partial charge in [-0.2, -0.15) is 0 Å². The predicted molar refractivity (Wildman–Crippen MR) is 82.1 cm³/mol. The first-order chi connectivity index (χ1) is 9.95. The number of rotatable bonds is 4. The number of nitro groups is 1. The van der Waals surface area contributed by atoms with Gasteiger partial charge in [-0.1, -0.05) is 36.0 Å². The molecular formula is C14H16Cl2N2O3. The lowest BCUT2D eigenvalue weighted by Gasteiger charge is -2.27. The van der Waals surface area contributed by atoms with E-state index in [-0.39, 0.29) is 33.2 Å². The highest BCUT2D eigenvalue weighted by Gasteiger charge is 2.28. The molecule has 1 aromatic carbocycles. The van der Waals surface area contributed by atoms with Gasteiger partial charge in [-0.25, -0.2) is 0 Å². The molecule has 21 heavy (non-hydrogen) atoms. The third-order valence-corrected chi connectivity index (χ3v) is 4.61. The third-order valence-electron chi connectivity index (χ3n) is 3.82. The van der Waals surface area contributed by atoms with E-state index in [0.717, 1.165) is 25.7 Å². The molecule has 2 rings (SSSR count). The van der Waals surface area contributed by atoms with Crippen LogP contribution in [0.3, 0.4) is 0 Å². The van der Waals surface area contributed by atoms with Crippen LogP contribution in [0, 0.1) is 10.1 Å². The van der Waals surface area contributed by atoms with Crippen LogP contribution in [0.15, 0.2) is 12.1 Å². The molecule has 0 bridgehead atoms. The minimum Gasteiger partial charge on any atom is -0.336 e. The summed E-state index contributed by atoms with van der Waals surface area (Å²) in [6.07, 6.45) is 4.16. The summed E-state index contributed by atoms with van der Waals surface area (Å²) in [6.45, 7) is 2.47. The van der Waals surface area contributed by atoms with Crippen molar-refractivity contribution >= 4 is 34.8 Å². The van der Waals surface area contributed by atoms with Crippen LogP contribution in [0.25, 0.3) is 0 Å². The summed E-state index contributed by atoms with van der Waals surface area (Å²) in [4.78, 5) is 24.7. The smallest absolute Gasteiger partial charge is 0.290 e. The normalized spacial score (nSPS) is 15.2. The quantitative estimate of drug-likeness (QED) is 0.610. The van der Waals surface area contributed by atoms with Crippen LogP contribution < -0.4 is 0 Å². The van der Waals surface area contributed by atoms with Crippen molar-refractivity contribution in [3.63, 3.8) is 0 Å². The van der Waals surface area contributed by atoms with Crippen molar-refractivity contribution in [2.24, 2.45) is 0 Å². The summed E-state index contributed by atoms with van der Waals surface area (Å²) in [5, 5.41) is 10.9. The maximum absolute atomic E-state index is 12.6. The van der Waals surface area contributed by atoms with Crippen LogP contribution in [0.2, 0.25) is 10.0 Å². The molecule has 5 nitrogen and oxygen atoms in total. The van der Waals surface area contributed by atoms with E-state index in [1.165, 1.54) is 12.1 Å². The fourth-order valence-corrected chi connectivity index (χ4v) is 3.17. The highest BCUT2D eigenvalue weighted by atomic mass is 35.5. The van der Waals surface area contributed by atoms with E-state index < -0.39 is 4.92 Å². The zero-order chi connectivity index (χ0) is 15.6. The number of nitrogens with zero attached hydrogens (tertiary/aromatic N) is 2. The molecule has 0 unspecified atom stereocenters. The van der Waals surface area contributed by atoms with Gasteiger partial charge in [0.1, 0.15) is 5.02 Å². The number of carbonyl (C=O) groups excluding carboxylic acids is 1. The van der Waals surface area contributed by atoms with Gasteiger partial charge in [0.25, 0.3) is 11.6 Å². The summed E-state index contributed by atoms with van der Waals surface area (Å²) >= 11 is 11.7. The second-order valence-corrected chi connectivity index (χ2v) is 5.86. The monoisotopic (exact) mass is 330 g/mol. The van der Waals surface area contributed by atoms with Gasteiger partial charge in [-0.3, -0.25) is 14.9 Å². The summed E-state index contributed by atoms with van der Waals surface area (Å²) in [5.41, 5.74) is -0.125. The van der Waals surface area contributed by atoms with Crippen molar-refractivity contribution in [1.82, 2.24) is 4.90 Å². The van der Waals surface area contributed by atoms with E-state index in [1.54, 1.807) is 4.90 Å². The minimum atomic E-state index is -0.628. The Morgan fingerprint density at radius 2 is 2.00 bits per heavy atom. The molecule has 0 aromatic heterocycles. The van der Waals surface area contributed by atoms with Crippen LogP contribution in [-0.2, 0) is 0 Å². The van der Waals surface area contributed by atoms with E-state index in [0.29, 0.717) is 6.54 Å². The van der Waals surface area contributed by atoms with Crippen molar-refractivity contribution in [3.8, 4) is 0 Å². The Balaban J connectivity index is 2.35. The lowest BCUT2D eigenvalue weighted by Crippen LogP contribution is -2.38. The highest BCUT2D eigenvalue weighted by molar-refractivity contribution is 6.43. The van der Waals surface area contributed by atoms with Crippen molar-refractivity contribution < 1.29 is 9.72 Å². The van der Waals surface area contributed by atoms with Crippen molar-refractivity contribution in [3.05, 3.63) is 37.9 Å². The first-order valence-electron chi connectivity index (χ1n) is 6.90. The fraction of sp³-hybridized carbons (Fsp3) is 0.500. The number of halogens is 2. The van der Waals surface area contributed by atoms with Gasteiger partial charge in [0, 0.05) is 24.2 Å². The Bertz CT molecular complexity index is 572. The Labute approximate surface area is 133 Å². The zero-order valence-corrected chi connectivity index (χ0v) is 13.2. The standard InChI is InChI=1S/C14H16Cl2N2O3/c1-2-17(10-5-3-4-6-10)14(19)9-7-11(15)13(16)12(8-9)18(20)21/h7-8,10H,2-6H2,1H3. The van der Waals surface area contributed by atoms with Crippen molar-refractivity contribution in [2.75, 3.05) is 6.54 Å². The Morgan fingerprint density at radius 1 is 1.38 bits per heavy atom. The van der Waals surface area contributed by atoms with Crippen molar-refractivity contribution in [2.45, 2.75) is 38.6 Å². The molecule has 1 saturated carbocycles. The molecule has 1 aliphatic rings. The molecule has 0 N–H and O–H groups in total. The molecule has 1 aromatic rings. The zero-order valence-electron chi connectivity index (χ0n) is 11.6. The van der Waals surface area contributed by atoms with Crippen LogP contribution in [0.1, 0.15) is 43.0 Å². The molecule has 0 heterocycles. The second kappa shape index (κ2) is 6.62. The maximum atomic E-state index is 12.6. The van der Waals surface area contributed by atoms with Crippen LogP contribution in [0.4, 0.5) is 5.69 Å². The number of hydrogen-bond acceptors (Lipinski definition) is 3. The number of hydrogen-bond donors (Lipinski definition) is 0. The third kappa shape index (κ3) is 3.30. The molecule has 0 spiro atoms. The molecule has 114 valence electrons. The summed E-state index contributed by atoms with van der Waals surface area (Å²) in [5.74, 6) is -0.230. The molecule has 7 heteroatoms. The predicted octanol–water partition coefficient (Wildman–Crippen LogP) is 4.31. The SMILES string of the molecule is CCN(C(=O)c1cc(Cl)c(Cl)c([N+](=O)[O-])c1)C1CCCC1. The van der Waals surface area contributed by atoms with Gasteiger partial charge < -0.3 is 4.90 Å². The van der Waals surface area contributed by atoms with Crippen LogP contribution >= 0.6 is 23.2 Å². The molecule has 0 radical (unpaired) electrons. The van der Waals surface area contributed by atoms with Gasteiger partial charge >= 0.3 is 0 Å². The molecule has 1 fully saturated rings. The number of carbonyl (C=O) groups is 1. The Kier molecular flexibility index (Phi) is 5.06. The Morgan fingerprint density at radius 3 is 2.52 bits per heavy atom. The molecular weight excluding hydrogens is 315 g/mol. The second-order valence-electron chi connectivity index (χ2n) is 5.08. The maximum Gasteiger partial charge on any atom is 0.290 e. The van der Waals surface area contributed by atoms with Crippen LogP contribution in [0.5, 0.6) is 0 Å². The van der Waals surface area contributed by atoms with Gasteiger partial charge in [0.2, 0.25) is 0 Å². The molecule has 0 aliphatic heterocycles. The van der Waals surface area contributed by atoms with E-state index in [9.17, 15) is 14.9 Å². The average molecular weight is 331 g/mol. The molecule has 1 amide bonds. The lowest BCUT2D eigenvalue weighted by atomic mass is 10.1. The number of amides is 1. The van der Waals surface area contributed by atoms with E-state index in [2.05, 4.69) is 0 Å². The van der Waals surface area contributed by atoms with Gasteiger partial charge in [-0.15, -0.1) is 0 Å². The highest BCUT2D eigenvalue weighted by Crippen LogP contribution is 2.34. The van der Waals surface area contributed by atoms with E-state index in [1.807, 2.05) is 6.92 Å². The van der Waals surface area contributed by atoms with Gasteiger partial charge in [-0.05, 0) is 25.8 Å². The fourth-order valence-electron chi connectivity index (χ4n) is 2.78. The van der Waals surface area contributed by atoms with Crippen LogP contribution in [-0.4, -0.2) is 28.3 Å². The van der Waals surface area contributed by atoms with Gasteiger partial charge in [0.15, 0.2) is 0 Å². The summed E-state index contributed by atoms with van der Waals surface area (Å²) in [6, 6.07) is 2.81. The molecule has 1 aliphatic carbocycles. The minimum absolute atomic E-state index is 0.0247. The van der Waals surface area contributed by atoms with E-state index in [4.69, 9.17) is 23.2 Å². The first kappa shape index (κ1) is 16.0. The summed E-state index contributed by atoms with van der Waals surface area (Å²) < 4.78 is 0. The molecule has 0 saturated heterocycles. The first-order valence-corrected chi connectivity index (χ1v) is 7.65. The van der Waals surface area contributed by atoms with Crippen molar-refractivity contribution in [1.29, 1.82) is 0 Å². The lowest BCUT2D eigenvalue weighted by molar-refractivity contribution is -0.384. The number of nitro benzene ring substituents is 1. The largest absolute Gasteiger partial charge is 0.336 e. The Hall–Kier alpha value is -1.33. The number of benzene rings is 1. The molecule has 0 atom stereocenters.